The van der Waals surface area contributed by atoms with E-state index < -0.39 is 10.8 Å². The first-order valence-electron chi connectivity index (χ1n) is 8.38. The molecule has 130 valence electrons. The van der Waals surface area contributed by atoms with E-state index in [4.69, 9.17) is 4.52 Å². The van der Waals surface area contributed by atoms with Crippen LogP contribution in [0.1, 0.15) is 18.1 Å². The molecule has 7 heteroatoms. The van der Waals surface area contributed by atoms with Crippen molar-refractivity contribution in [3.05, 3.63) is 42.0 Å². The number of aryl methyl sites for hydroxylation is 1. The Kier molecular flexibility index (Phi) is 6.12. The van der Waals surface area contributed by atoms with Crippen LogP contribution < -0.4 is 0 Å². The van der Waals surface area contributed by atoms with Gasteiger partial charge in [-0.3, -0.25) is 9.11 Å². The minimum absolute atomic E-state index is 0.616. The molecule has 0 radical (unpaired) electrons. The predicted molar refractivity (Wildman–Crippen MR) is 93.1 cm³/mol. The summed E-state index contributed by atoms with van der Waals surface area (Å²) >= 11 is 0. The van der Waals surface area contributed by atoms with E-state index in [0.717, 1.165) is 56.4 Å². The lowest BCUT2D eigenvalue weighted by Gasteiger charge is -2.20. The zero-order valence-corrected chi connectivity index (χ0v) is 14.9. The zero-order chi connectivity index (χ0) is 16.8. The summed E-state index contributed by atoms with van der Waals surface area (Å²) in [6.07, 6.45) is 1.11. The molecule has 3 rings (SSSR count). The molecular weight excluding hydrogens is 324 g/mol. The van der Waals surface area contributed by atoms with Crippen LogP contribution in [0.5, 0.6) is 0 Å². The Balaban J connectivity index is 1.44. The van der Waals surface area contributed by atoms with Gasteiger partial charge < -0.3 is 9.42 Å². The van der Waals surface area contributed by atoms with Gasteiger partial charge in [0.05, 0.1) is 17.3 Å². The van der Waals surface area contributed by atoms with Gasteiger partial charge in [0.1, 0.15) is 0 Å². The molecule has 2 heterocycles. The maximum Gasteiger partial charge on any atom is 0.223 e. The third kappa shape index (κ3) is 4.96. The Labute approximate surface area is 145 Å². The van der Waals surface area contributed by atoms with Gasteiger partial charge in [-0.05, 0) is 31.6 Å². The summed E-state index contributed by atoms with van der Waals surface area (Å²) in [6.45, 7) is 7.47. The minimum atomic E-state index is -0.916. The molecule has 1 aromatic carbocycles. The van der Waals surface area contributed by atoms with Gasteiger partial charge in [-0.2, -0.15) is 4.98 Å². The van der Waals surface area contributed by atoms with Crippen LogP contribution in [0.4, 0.5) is 0 Å². The quantitative estimate of drug-likeness (QED) is 0.792. The van der Waals surface area contributed by atoms with Crippen molar-refractivity contribution in [1.29, 1.82) is 0 Å². The van der Waals surface area contributed by atoms with Gasteiger partial charge in [0, 0.05) is 37.2 Å². The van der Waals surface area contributed by atoms with Crippen molar-refractivity contribution in [3.8, 4) is 0 Å². The molecule has 2 aromatic rings. The predicted octanol–water partition coefficient (Wildman–Crippen LogP) is 1.69. The number of hydrogen-bond donors (Lipinski definition) is 0. The zero-order valence-electron chi connectivity index (χ0n) is 14.1. The molecule has 1 aliphatic rings. The van der Waals surface area contributed by atoms with Crippen LogP contribution in [-0.2, 0) is 17.3 Å². The molecule has 0 spiro atoms. The van der Waals surface area contributed by atoms with Crippen molar-refractivity contribution in [1.82, 2.24) is 19.9 Å². The molecule has 1 aromatic heterocycles. The SMILES string of the molecule is Cc1nc(CN2CCCN(CCS(=O)c3ccccc3)CC2)no1. The van der Waals surface area contributed by atoms with Crippen LogP contribution in [0.25, 0.3) is 0 Å². The summed E-state index contributed by atoms with van der Waals surface area (Å²) < 4.78 is 17.4. The third-order valence-corrected chi connectivity index (χ3v) is 5.57. The van der Waals surface area contributed by atoms with Gasteiger partial charge in [0.25, 0.3) is 0 Å². The Bertz CT molecular complexity index is 662. The molecule has 1 saturated heterocycles. The second-order valence-corrected chi connectivity index (χ2v) is 7.63. The van der Waals surface area contributed by atoms with E-state index in [-0.39, 0.29) is 0 Å². The first-order valence-corrected chi connectivity index (χ1v) is 9.70. The van der Waals surface area contributed by atoms with Gasteiger partial charge in [-0.25, -0.2) is 0 Å². The van der Waals surface area contributed by atoms with Crippen molar-refractivity contribution >= 4 is 10.8 Å². The average Bonchev–Trinajstić information content (AvgIpc) is 2.88. The topological polar surface area (TPSA) is 62.5 Å². The van der Waals surface area contributed by atoms with Crippen molar-refractivity contribution < 1.29 is 8.73 Å². The summed E-state index contributed by atoms with van der Waals surface area (Å²) in [4.78, 5) is 9.96. The number of aromatic nitrogens is 2. The highest BCUT2D eigenvalue weighted by molar-refractivity contribution is 7.85. The summed E-state index contributed by atoms with van der Waals surface area (Å²) in [5.41, 5.74) is 0. The van der Waals surface area contributed by atoms with Crippen molar-refractivity contribution in [2.75, 3.05) is 38.5 Å². The van der Waals surface area contributed by atoms with E-state index in [0.29, 0.717) is 11.6 Å². The highest BCUT2D eigenvalue weighted by Gasteiger charge is 2.17. The summed E-state index contributed by atoms with van der Waals surface area (Å²) in [5, 5.41) is 3.97. The Morgan fingerprint density at radius 2 is 1.88 bits per heavy atom. The fourth-order valence-corrected chi connectivity index (χ4v) is 4.03. The van der Waals surface area contributed by atoms with Gasteiger partial charge in [0.15, 0.2) is 5.82 Å². The lowest BCUT2D eigenvalue weighted by atomic mass is 10.4. The highest BCUT2D eigenvalue weighted by atomic mass is 32.2. The summed E-state index contributed by atoms with van der Waals surface area (Å²) in [6, 6.07) is 9.71. The average molecular weight is 348 g/mol. The van der Waals surface area contributed by atoms with Crippen molar-refractivity contribution in [3.63, 3.8) is 0 Å². The van der Waals surface area contributed by atoms with E-state index in [1.807, 2.05) is 37.3 Å². The van der Waals surface area contributed by atoms with E-state index in [2.05, 4.69) is 19.9 Å². The van der Waals surface area contributed by atoms with Gasteiger partial charge in [-0.1, -0.05) is 23.4 Å². The Hall–Kier alpha value is -1.57. The second-order valence-electron chi connectivity index (χ2n) is 6.06. The van der Waals surface area contributed by atoms with Crippen LogP contribution in [0, 0.1) is 6.92 Å². The molecule has 1 aliphatic heterocycles. The minimum Gasteiger partial charge on any atom is -0.340 e. The molecule has 1 atom stereocenters. The molecule has 24 heavy (non-hydrogen) atoms. The van der Waals surface area contributed by atoms with Crippen molar-refractivity contribution in [2.45, 2.75) is 24.8 Å². The summed E-state index contributed by atoms with van der Waals surface area (Å²) in [7, 11) is -0.916. The number of hydrogen-bond acceptors (Lipinski definition) is 6. The molecular formula is C17H24N4O2S. The van der Waals surface area contributed by atoms with Crippen LogP contribution in [-0.4, -0.2) is 62.6 Å². The molecule has 6 nitrogen and oxygen atoms in total. The molecule has 0 amide bonds. The van der Waals surface area contributed by atoms with E-state index in [1.54, 1.807) is 0 Å². The summed E-state index contributed by atoms with van der Waals surface area (Å²) in [5.74, 6) is 2.06. The Morgan fingerprint density at radius 1 is 1.12 bits per heavy atom. The van der Waals surface area contributed by atoms with Crippen molar-refractivity contribution in [2.24, 2.45) is 0 Å². The lowest BCUT2D eigenvalue weighted by molar-refractivity contribution is 0.250. The molecule has 0 saturated carbocycles. The molecule has 0 aliphatic carbocycles. The number of rotatable bonds is 6. The molecule has 0 bridgehead atoms. The normalized spacial score (nSPS) is 18.4. The second kappa shape index (κ2) is 8.50. The van der Waals surface area contributed by atoms with E-state index in [1.165, 1.54) is 0 Å². The smallest absolute Gasteiger partial charge is 0.223 e. The van der Waals surface area contributed by atoms with E-state index in [9.17, 15) is 4.21 Å². The monoisotopic (exact) mass is 348 g/mol. The van der Waals surface area contributed by atoms with Gasteiger partial charge >= 0.3 is 0 Å². The Morgan fingerprint density at radius 3 is 2.62 bits per heavy atom. The maximum absolute atomic E-state index is 12.3. The van der Waals surface area contributed by atoms with Gasteiger partial charge in [0.2, 0.25) is 5.89 Å². The number of benzene rings is 1. The molecule has 1 unspecified atom stereocenters. The first-order chi connectivity index (χ1) is 11.7. The highest BCUT2D eigenvalue weighted by Crippen LogP contribution is 2.09. The standard InChI is InChI=1S/C17H24N4O2S/c1-15-18-17(19-23-15)14-21-9-5-8-20(10-11-21)12-13-24(22)16-6-3-2-4-7-16/h2-4,6-7H,5,8-14H2,1H3. The van der Waals surface area contributed by atoms with Crippen LogP contribution in [0.3, 0.4) is 0 Å². The van der Waals surface area contributed by atoms with Crippen LogP contribution in [0.15, 0.2) is 39.8 Å². The fraction of sp³-hybridized carbons (Fsp3) is 0.529. The molecule has 0 N–H and O–H groups in total. The van der Waals surface area contributed by atoms with Crippen LogP contribution >= 0.6 is 0 Å². The molecule has 1 fully saturated rings. The maximum atomic E-state index is 12.3. The number of nitrogens with zero attached hydrogens (tertiary/aromatic N) is 4. The van der Waals surface area contributed by atoms with E-state index >= 15 is 0 Å². The van der Waals surface area contributed by atoms with Gasteiger partial charge in [-0.15, -0.1) is 0 Å². The third-order valence-electron chi connectivity index (χ3n) is 4.21. The lowest BCUT2D eigenvalue weighted by Crippen LogP contribution is -2.33. The van der Waals surface area contributed by atoms with Crippen LogP contribution in [0.2, 0.25) is 0 Å². The largest absolute Gasteiger partial charge is 0.340 e. The first kappa shape index (κ1) is 17.3. The fourth-order valence-electron chi connectivity index (χ4n) is 2.91.